The van der Waals surface area contributed by atoms with Crippen LogP contribution in [0.5, 0.6) is 5.75 Å². The van der Waals surface area contributed by atoms with Gasteiger partial charge in [0.1, 0.15) is 11.3 Å². The minimum Gasteiger partial charge on any atom is -0.493 e. The summed E-state index contributed by atoms with van der Waals surface area (Å²) in [5, 5.41) is 13.2. The third-order valence-corrected chi connectivity index (χ3v) is 6.61. The number of hydrogen-bond donors (Lipinski definition) is 2. The summed E-state index contributed by atoms with van der Waals surface area (Å²) >= 11 is 6.41. The van der Waals surface area contributed by atoms with Crippen LogP contribution in [0.1, 0.15) is 37.3 Å². The summed E-state index contributed by atoms with van der Waals surface area (Å²) in [7, 11) is 1.74. The van der Waals surface area contributed by atoms with Gasteiger partial charge in [-0.05, 0) is 43.2 Å². The maximum absolute atomic E-state index is 12.9. The molecule has 1 fully saturated rings. The number of aromatic nitrogens is 4. The molecule has 0 amide bonds. The van der Waals surface area contributed by atoms with E-state index in [9.17, 15) is 9.90 Å². The largest absolute Gasteiger partial charge is 0.493 e. The second-order valence-electron chi connectivity index (χ2n) is 8.13. The standard InChI is InChI=1S/C21H24ClN5O3/c1-26-17-10-23-20(24-16-8-13-6-7-30-18(13)9-15(16)22)25-19(17)27(21(26)29)14-4-2-12(11-28)3-5-14/h8-10,12,14,28H,2-7,11H2,1H3,(H,23,24,25). The van der Waals surface area contributed by atoms with Crippen LogP contribution in [0.4, 0.5) is 11.6 Å². The van der Waals surface area contributed by atoms with Gasteiger partial charge in [-0.3, -0.25) is 9.13 Å². The Kier molecular flexibility index (Phi) is 4.91. The summed E-state index contributed by atoms with van der Waals surface area (Å²) in [5.74, 6) is 1.54. The molecule has 9 heteroatoms. The molecule has 0 spiro atoms. The van der Waals surface area contributed by atoms with Crippen molar-refractivity contribution in [3.8, 4) is 5.75 Å². The van der Waals surface area contributed by atoms with Crippen LogP contribution in [-0.2, 0) is 13.5 Å². The lowest BCUT2D eigenvalue weighted by Crippen LogP contribution is -2.29. The van der Waals surface area contributed by atoms with Gasteiger partial charge < -0.3 is 15.2 Å². The number of rotatable bonds is 4. The van der Waals surface area contributed by atoms with Gasteiger partial charge in [0.15, 0.2) is 5.65 Å². The van der Waals surface area contributed by atoms with Crippen molar-refractivity contribution in [2.75, 3.05) is 18.5 Å². The SMILES string of the molecule is Cn1c(=O)n(C2CCC(CO)CC2)c2nc(Nc3cc4c(cc3Cl)OCC4)ncc21. The Balaban J connectivity index is 1.51. The number of aliphatic hydroxyl groups excluding tert-OH is 1. The molecular formula is C21H24ClN5O3. The average molecular weight is 430 g/mol. The number of benzene rings is 1. The minimum absolute atomic E-state index is 0.0764. The van der Waals surface area contributed by atoms with E-state index in [2.05, 4.69) is 15.3 Å². The maximum atomic E-state index is 12.9. The van der Waals surface area contributed by atoms with E-state index in [1.54, 1.807) is 22.4 Å². The fourth-order valence-corrected chi connectivity index (χ4v) is 4.73. The van der Waals surface area contributed by atoms with Crippen molar-refractivity contribution in [2.45, 2.75) is 38.1 Å². The molecule has 2 N–H and O–H groups in total. The molecule has 0 radical (unpaired) electrons. The second-order valence-corrected chi connectivity index (χ2v) is 8.54. The van der Waals surface area contributed by atoms with Gasteiger partial charge in [0, 0.05) is 32.2 Å². The number of fused-ring (bicyclic) bond motifs is 2. The average Bonchev–Trinajstić information content (AvgIpc) is 3.30. The third kappa shape index (κ3) is 3.24. The Labute approximate surface area is 178 Å². The molecule has 0 atom stereocenters. The van der Waals surface area contributed by atoms with E-state index in [0.29, 0.717) is 40.3 Å². The topological polar surface area (TPSA) is 94.2 Å². The molecule has 5 rings (SSSR count). The van der Waals surface area contributed by atoms with Gasteiger partial charge in [-0.25, -0.2) is 9.78 Å². The van der Waals surface area contributed by atoms with Crippen molar-refractivity contribution >= 4 is 34.4 Å². The van der Waals surface area contributed by atoms with E-state index in [1.807, 2.05) is 12.1 Å². The van der Waals surface area contributed by atoms with Gasteiger partial charge in [0.2, 0.25) is 5.95 Å². The smallest absolute Gasteiger partial charge is 0.330 e. The Bertz CT molecular complexity index is 1160. The van der Waals surface area contributed by atoms with Gasteiger partial charge in [-0.15, -0.1) is 0 Å². The predicted octanol–water partition coefficient (Wildman–Crippen LogP) is 3.19. The molecule has 2 aromatic heterocycles. The molecule has 30 heavy (non-hydrogen) atoms. The number of hydrogen-bond acceptors (Lipinski definition) is 6. The number of nitrogens with zero attached hydrogens (tertiary/aromatic N) is 4. The Morgan fingerprint density at radius 3 is 2.87 bits per heavy atom. The zero-order chi connectivity index (χ0) is 20.8. The fourth-order valence-electron chi connectivity index (χ4n) is 4.53. The maximum Gasteiger partial charge on any atom is 0.330 e. The molecule has 8 nitrogen and oxygen atoms in total. The van der Waals surface area contributed by atoms with E-state index in [1.165, 1.54) is 0 Å². The number of anilines is 2. The summed E-state index contributed by atoms with van der Waals surface area (Å²) in [4.78, 5) is 22.0. The van der Waals surface area contributed by atoms with Crippen molar-refractivity contribution < 1.29 is 9.84 Å². The molecule has 0 bridgehead atoms. The quantitative estimate of drug-likeness (QED) is 0.661. The van der Waals surface area contributed by atoms with Crippen molar-refractivity contribution in [3.63, 3.8) is 0 Å². The molecule has 0 saturated heterocycles. The molecule has 3 heterocycles. The number of halogens is 1. The highest BCUT2D eigenvalue weighted by Gasteiger charge is 2.26. The highest BCUT2D eigenvalue weighted by atomic mass is 35.5. The van der Waals surface area contributed by atoms with E-state index in [4.69, 9.17) is 16.3 Å². The molecule has 158 valence electrons. The van der Waals surface area contributed by atoms with Crippen LogP contribution >= 0.6 is 11.6 Å². The minimum atomic E-state index is -0.0865. The van der Waals surface area contributed by atoms with Crippen LogP contribution in [0.25, 0.3) is 11.2 Å². The van der Waals surface area contributed by atoms with Crippen molar-refractivity contribution in [3.05, 3.63) is 39.4 Å². The molecule has 1 aliphatic carbocycles. The zero-order valence-corrected chi connectivity index (χ0v) is 17.5. The Morgan fingerprint density at radius 2 is 2.10 bits per heavy atom. The van der Waals surface area contributed by atoms with Crippen LogP contribution in [0, 0.1) is 5.92 Å². The van der Waals surface area contributed by atoms with Gasteiger partial charge in [-0.2, -0.15) is 4.98 Å². The molecule has 0 unspecified atom stereocenters. The highest BCUT2D eigenvalue weighted by Crippen LogP contribution is 2.36. The second kappa shape index (κ2) is 7.59. The monoisotopic (exact) mass is 429 g/mol. The summed E-state index contributed by atoms with van der Waals surface area (Å²) < 4.78 is 8.94. The first-order chi connectivity index (χ1) is 14.5. The lowest BCUT2D eigenvalue weighted by atomic mass is 9.86. The van der Waals surface area contributed by atoms with E-state index >= 15 is 0 Å². The summed E-state index contributed by atoms with van der Waals surface area (Å²) in [6.07, 6.45) is 6.05. The summed E-state index contributed by atoms with van der Waals surface area (Å²) in [6.45, 7) is 0.867. The van der Waals surface area contributed by atoms with Crippen molar-refractivity contribution in [1.82, 2.24) is 19.1 Å². The third-order valence-electron chi connectivity index (χ3n) is 6.30. The van der Waals surface area contributed by atoms with Gasteiger partial charge in [0.05, 0.1) is 23.5 Å². The van der Waals surface area contributed by atoms with Crippen molar-refractivity contribution in [1.29, 1.82) is 0 Å². The van der Waals surface area contributed by atoms with Gasteiger partial charge >= 0.3 is 5.69 Å². The zero-order valence-electron chi connectivity index (χ0n) is 16.8. The highest BCUT2D eigenvalue weighted by molar-refractivity contribution is 6.33. The number of imidazole rings is 1. The van der Waals surface area contributed by atoms with E-state index in [0.717, 1.165) is 43.4 Å². The van der Waals surface area contributed by atoms with Crippen LogP contribution < -0.4 is 15.7 Å². The first-order valence-corrected chi connectivity index (χ1v) is 10.7. The van der Waals surface area contributed by atoms with Gasteiger partial charge in [0.25, 0.3) is 0 Å². The predicted molar refractivity (Wildman–Crippen MR) is 115 cm³/mol. The number of aliphatic hydroxyl groups is 1. The molecule has 1 saturated carbocycles. The number of ether oxygens (including phenoxy) is 1. The number of nitrogens with one attached hydrogen (secondary N) is 1. The molecule has 3 aromatic rings. The van der Waals surface area contributed by atoms with Crippen LogP contribution in [-0.4, -0.2) is 37.4 Å². The molecule has 1 aromatic carbocycles. The molecule has 1 aliphatic heterocycles. The normalized spacial score (nSPS) is 20.9. The van der Waals surface area contributed by atoms with E-state index < -0.39 is 0 Å². The Hall–Kier alpha value is -2.58. The molecule has 2 aliphatic rings. The van der Waals surface area contributed by atoms with Crippen molar-refractivity contribution in [2.24, 2.45) is 13.0 Å². The van der Waals surface area contributed by atoms with E-state index in [-0.39, 0.29) is 18.3 Å². The first kappa shape index (κ1) is 19.4. The fraction of sp³-hybridized carbons (Fsp3) is 0.476. The Morgan fingerprint density at radius 1 is 1.30 bits per heavy atom. The van der Waals surface area contributed by atoms with Crippen LogP contribution in [0.2, 0.25) is 5.02 Å². The van der Waals surface area contributed by atoms with Crippen LogP contribution in [0.15, 0.2) is 23.1 Å². The summed E-state index contributed by atoms with van der Waals surface area (Å²) in [6, 6.07) is 3.85. The number of aryl methyl sites for hydroxylation is 1. The lowest BCUT2D eigenvalue weighted by molar-refractivity contribution is 0.168. The van der Waals surface area contributed by atoms with Gasteiger partial charge in [-0.1, -0.05) is 11.6 Å². The van der Waals surface area contributed by atoms with Crippen LogP contribution in [0.3, 0.4) is 0 Å². The molecular weight excluding hydrogens is 406 g/mol. The lowest BCUT2D eigenvalue weighted by Gasteiger charge is -2.27. The first-order valence-electron chi connectivity index (χ1n) is 10.3. The summed E-state index contributed by atoms with van der Waals surface area (Å²) in [5.41, 5.74) is 3.04.